The Balaban J connectivity index is 0.793. The van der Waals surface area contributed by atoms with Gasteiger partial charge in [-0.15, -0.1) is 15.3 Å². The van der Waals surface area contributed by atoms with E-state index in [0.29, 0.717) is 43.3 Å². The van der Waals surface area contributed by atoms with Crippen molar-refractivity contribution in [3.63, 3.8) is 0 Å². The highest BCUT2D eigenvalue weighted by Gasteiger charge is 2.41. The van der Waals surface area contributed by atoms with Crippen molar-refractivity contribution < 1.29 is 112 Å². The lowest BCUT2D eigenvalue weighted by Crippen LogP contribution is -2.52. The molecule has 3 saturated heterocycles. The van der Waals surface area contributed by atoms with Crippen molar-refractivity contribution in [2.75, 3.05) is 158 Å². The smallest absolute Gasteiger partial charge is 0.220 e. The number of carbonyl (C=O) groups is 3. The van der Waals surface area contributed by atoms with Crippen molar-refractivity contribution in [3.05, 3.63) is 35.7 Å². The van der Waals surface area contributed by atoms with E-state index in [1.165, 1.54) is 9.36 Å². The Bertz CT molecular complexity index is 2360. The van der Waals surface area contributed by atoms with Gasteiger partial charge in [-0.05, 0) is 19.3 Å². The number of nitrogens with two attached hydrogens (primary N) is 1. The van der Waals surface area contributed by atoms with Gasteiger partial charge in [-0.25, -0.2) is 14.0 Å². The quantitative estimate of drug-likeness (QED) is 0.0234. The van der Waals surface area contributed by atoms with Gasteiger partial charge in [-0.3, -0.25) is 14.4 Å². The van der Waals surface area contributed by atoms with E-state index in [1.807, 2.05) is 0 Å². The van der Waals surface area contributed by atoms with E-state index >= 15 is 0 Å². The monoisotopic (exact) mass is 1310 g/mol. The van der Waals surface area contributed by atoms with E-state index < -0.39 is 85.7 Å². The summed E-state index contributed by atoms with van der Waals surface area (Å²) in [7, 11) is 0. The van der Waals surface area contributed by atoms with Gasteiger partial charge in [-0.1, -0.05) is 15.6 Å². The molecule has 91 heavy (non-hydrogen) atoms. The molecular formula is C55H95N13O23. The molecule has 3 aliphatic heterocycles. The van der Waals surface area contributed by atoms with Gasteiger partial charge in [0.05, 0.1) is 189 Å². The zero-order valence-electron chi connectivity index (χ0n) is 51.4. The average molecular weight is 1310 g/mol. The van der Waals surface area contributed by atoms with Gasteiger partial charge in [-0.2, -0.15) is 0 Å². The highest BCUT2D eigenvalue weighted by molar-refractivity contribution is 5.77. The number of nitrogens with one attached hydrogen (secondary N) is 3. The van der Waals surface area contributed by atoms with Crippen LogP contribution in [0.2, 0.25) is 0 Å². The van der Waals surface area contributed by atoms with E-state index in [4.69, 9.17) is 62.6 Å². The van der Waals surface area contributed by atoms with Crippen LogP contribution in [0.3, 0.4) is 0 Å². The van der Waals surface area contributed by atoms with E-state index in [2.05, 4.69) is 46.9 Å². The summed E-state index contributed by atoms with van der Waals surface area (Å²) in [6, 6.07) is -1.75. The third-order valence-electron chi connectivity index (χ3n) is 15.2. The van der Waals surface area contributed by atoms with Crippen molar-refractivity contribution in [1.29, 1.82) is 0 Å². The molecule has 6 heterocycles. The molecule has 0 aliphatic carbocycles. The second-order valence-electron chi connectivity index (χ2n) is 22.0. The molecule has 518 valence electrons. The Labute approximate surface area is 526 Å². The number of aliphatic hydroxyl groups is 8. The number of ether oxygens (including phenoxy) is 12. The van der Waals surface area contributed by atoms with Gasteiger partial charge in [0.15, 0.2) is 0 Å². The molecule has 0 saturated carbocycles. The summed E-state index contributed by atoms with van der Waals surface area (Å²) >= 11 is 0. The van der Waals surface area contributed by atoms with Gasteiger partial charge in [0.25, 0.3) is 0 Å². The van der Waals surface area contributed by atoms with Crippen molar-refractivity contribution >= 4 is 17.7 Å². The Morgan fingerprint density at radius 2 is 0.780 bits per heavy atom. The van der Waals surface area contributed by atoms with Crippen molar-refractivity contribution in [3.8, 4) is 0 Å². The number of aliphatic hydroxyl groups excluding tert-OH is 8. The zero-order chi connectivity index (χ0) is 65.1. The standard InChI is InChI=1S/C55H95N13O23/c56-55(4-1-48(73)57-7-10-80-13-16-83-19-22-86-32-38-26-66(63-60-38)42-35-89-41(29-69)25-45(42)72,5-2-49(74)58-8-11-81-14-17-84-20-23-87-33-39-27-67(64-61-39)43-36-90-46(30-70)53(78)51(43)76)6-3-50(75)59-9-12-82-15-18-85-21-24-88-34-40-28-68(65-62-40)44-37-91-47(31-71)54(79)52(44)77/h26-28,41-47,51-54,69-72,76-79H,1-25,29-37,56H2,(H,57,73)(H,58,74)(H,59,75)/t41-,42-,43-,44-,45-,46+,47+,51+,52+,53-,54-/m0/s1. The topological polar surface area (TPSA) is 478 Å². The SMILES string of the molecule is NC(CCC(=O)NCCOCCOCCOCc1cn([C@H]2CO[C@H](CO)[C@H](O)[C@@H]2O)nn1)(CCC(=O)NCCOCCOCCOCc1cn([C@H]2CO[C@H](CO)[C@H](O)[C@@H]2O)nn1)CCC(=O)NCCOCCOCCOCc1cn([C@H]2CO[C@H](CO)C[C@@H]2O)nn1. The minimum absolute atomic E-state index is 0.0400. The number of nitrogens with zero attached hydrogens (tertiary/aromatic N) is 9. The third-order valence-corrected chi connectivity index (χ3v) is 15.2. The maximum atomic E-state index is 13.0. The first-order valence-corrected chi connectivity index (χ1v) is 30.8. The van der Waals surface area contributed by atoms with E-state index in [0.717, 1.165) is 0 Å². The second-order valence-corrected chi connectivity index (χ2v) is 22.0. The van der Waals surface area contributed by atoms with E-state index in [1.54, 1.807) is 23.3 Å². The van der Waals surface area contributed by atoms with Gasteiger partial charge < -0.3 is 119 Å². The van der Waals surface area contributed by atoms with Crippen LogP contribution in [-0.2, 0) is 91.0 Å². The van der Waals surface area contributed by atoms with Crippen molar-refractivity contribution in [1.82, 2.24) is 60.9 Å². The average Bonchev–Trinajstić information content (AvgIpc) is 1.93. The fourth-order valence-electron chi connectivity index (χ4n) is 9.73. The van der Waals surface area contributed by atoms with Crippen LogP contribution in [-0.4, -0.2) is 316 Å². The molecule has 3 amide bonds. The minimum Gasteiger partial charge on any atom is -0.394 e. The number of carbonyl (C=O) groups excluding carboxylic acids is 3. The van der Waals surface area contributed by atoms with Crippen LogP contribution in [0.1, 0.15) is 80.2 Å². The van der Waals surface area contributed by atoms with Crippen molar-refractivity contribution in [2.24, 2.45) is 5.73 Å². The van der Waals surface area contributed by atoms with Crippen LogP contribution in [0.15, 0.2) is 18.6 Å². The molecule has 3 aromatic rings. The molecule has 36 heteroatoms. The fraction of sp³-hybridized carbons (Fsp3) is 0.836. The van der Waals surface area contributed by atoms with Crippen LogP contribution in [0.25, 0.3) is 0 Å². The van der Waals surface area contributed by atoms with Gasteiger partial charge in [0.1, 0.15) is 71.8 Å². The van der Waals surface area contributed by atoms with Gasteiger partial charge >= 0.3 is 0 Å². The summed E-state index contributed by atoms with van der Waals surface area (Å²) in [4.78, 5) is 38.9. The van der Waals surface area contributed by atoms with Crippen LogP contribution in [0, 0.1) is 0 Å². The summed E-state index contributed by atoms with van der Waals surface area (Å²) in [5.41, 5.74) is 7.39. The number of hydrogen-bond acceptors (Lipinski definition) is 30. The van der Waals surface area contributed by atoms with Crippen LogP contribution >= 0.6 is 0 Å². The number of hydrogen-bond donors (Lipinski definition) is 12. The van der Waals surface area contributed by atoms with Crippen LogP contribution in [0.4, 0.5) is 0 Å². The molecule has 3 aromatic heterocycles. The lowest BCUT2D eigenvalue weighted by molar-refractivity contribution is -0.171. The molecule has 0 bridgehead atoms. The lowest BCUT2D eigenvalue weighted by Gasteiger charge is -2.36. The summed E-state index contributed by atoms with van der Waals surface area (Å²) in [5, 5.41) is 112. The molecule has 6 rings (SSSR count). The highest BCUT2D eigenvalue weighted by Crippen LogP contribution is 2.27. The van der Waals surface area contributed by atoms with Crippen LogP contribution in [0.5, 0.6) is 0 Å². The Morgan fingerprint density at radius 1 is 0.462 bits per heavy atom. The predicted octanol–water partition coefficient (Wildman–Crippen LogP) is -6.11. The van der Waals surface area contributed by atoms with Gasteiger partial charge in [0, 0.05) is 50.9 Å². The first kappa shape index (κ1) is 75.0. The Hall–Kier alpha value is -5.01. The molecule has 0 unspecified atom stereocenters. The molecule has 0 spiro atoms. The second kappa shape index (κ2) is 42.3. The minimum atomic E-state index is -1.27. The van der Waals surface area contributed by atoms with E-state index in [9.17, 15) is 55.2 Å². The third kappa shape index (κ3) is 27.1. The summed E-state index contributed by atoms with van der Waals surface area (Å²) in [6.45, 7) is 4.49. The van der Waals surface area contributed by atoms with E-state index in [-0.39, 0.29) is 201 Å². The largest absolute Gasteiger partial charge is 0.394 e. The molecule has 11 atom stereocenters. The van der Waals surface area contributed by atoms with Crippen LogP contribution < -0.4 is 21.7 Å². The molecule has 13 N–H and O–H groups in total. The number of amides is 3. The first-order valence-electron chi connectivity index (χ1n) is 30.8. The Morgan fingerprint density at radius 3 is 1.11 bits per heavy atom. The molecule has 0 radical (unpaired) electrons. The zero-order valence-corrected chi connectivity index (χ0v) is 51.4. The van der Waals surface area contributed by atoms with Gasteiger partial charge in [0.2, 0.25) is 17.7 Å². The lowest BCUT2D eigenvalue weighted by atomic mass is 9.84. The maximum absolute atomic E-state index is 13.0. The number of rotatable bonds is 48. The summed E-state index contributed by atoms with van der Waals surface area (Å²) in [5.74, 6) is -0.822. The normalized spacial score (nSPS) is 23.8. The summed E-state index contributed by atoms with van der Waals surface area (Å²) < 4.78 is 71.0. The molecular weight excluding hydrogens is 1210 g/mol. The molecule has 36 nitrogen and oxygen atoms in total. The maximum Gasteiger partial charge on any atom is 0.220 e. The van der Waals surface area contributed by atoms with Crippen molar-refractivity contribution in [2.45, 2.75) is 137 Å². The molecule has 3 aliphatic rings. The first-order chi connectivity index (χ1) is 44.2. The molecule has 0 aromatic carbocycles. The fourth-order valence-corrected chi connectivity index (χ4v) is 9.73. The summed E-state index contributed by atoms with van der Waals surface area (Å²) in [6.07, 6.45) is -1.91. The molecule has 3 fully saturated rings. The predicted molar refractivity (Wildman–Crippen MR) is 310 cm³/mol. The number of aromatic nitrogens is 9. The Kier molecular flexibility index (Phi) is 34.9. The highest BCUT2D eigenvalue weighted by atomic mass is 16.6.